The molecule has 0 aliphatic heterocycles. The molecule has 1 unspecified atom stereocenters. The minimum atomic E-state index is -0.393. The van der Waals surface area contributed by atoms with Crippen LogP contribution in [0, 0.1) is 10.1 Å². The Balaban J connectivity index is 1.91. The molecule has 22 heavy (non-hydrogen) atoms. The van der Waals surface area contributed by atoms with E-state index in [1.165, 1.54) is 17.4 Å². The average molecular weight is 316 g/mol. The zero-order valence-corrected chi connectivity index (χ0v) is 12.9. The number of hydrogen-bond acceptors (Lipinski definition) is 4. The van der Waals surface area contributed by atoms with E-state index in [9.17, 15) is 14.9 Å². The van der Waals surface area contributed by atoms with Gasteiger partial charge in [0.1, 0.15) is 0 Å². The summed E-state index contributed by atoms with van der Waals surface area (Å²) in [6.45, 7) is 1.78. The van der Waals surface area contributed by atoms with Crippen molar-refractivity contribution < 1.29 is 9.72 Å². The maximum atomic E-state index is 12.1. The van der Waals surface area contributed by atoms with Crippen molar-refractivity contribution in [2.24, 2.45) is 0 Å². The molecule has 3 rings (SSSR count). The van der Waals surface area contributed by atoms with Crippen molar-refractivity contribution in [2.45, 2.75) is 31.7 Å². The second kappa shape index (κ2) is 5.88. The van der Waals surface area contributed by atoms with Gasteiger partial charge in [-0.05, 0) is 53.8 Å². The molecular weight excluding hydrogens is 300 g/mol. The summed E-state index contributed by atoms with van der Waals surface area (Å²) in [6.07, 6.45) is 2.05. The molecule has 2 aromatic rings. The fraction of sp³-hybridized carbons (Fsp3) is 0.312. The Bertz CT molecular complexity index is 708. The summed E-state index contributed by atoms with van der Waals surface area (Å²) < 4.78 is 0. The zero-order valence-electron chi connectivity index (χ0n) is 12.1. The lowest BCUT2D eigenvalue weighted by atomic mass is 9.96. The van der Waals surface area contributed by atoms with Gasteiger partial charge in [-0.25, -0.2) is 0 Å². The lowest BCUT2D eigenvalue weighted by Crippen LogP contribution is -2.29. The van der Waals surface area contributed by atoms with Gasteiger partial charge in [0.05, 0.1) is 16.4 Å². The van der Waals surface area contributed by atoms with Crippen LogP contribution in [0.25, 0.3) is 11.1 Å². The second-order valence-corrected chi connectivity index (χ2v) is 6.33. The van der Waals surface area contributed by atoms with Gasteiger partial charge in [0.15, 0.2) is 0 Å². The molecule has 0 spiro atoms. The number of benzene rings is 1. The molecule has 1 aromatic heterocycles. The highest BCUT2D eigenvalue weighted by atomic mass is 32.1. The summed E-state index contributed by atoms with van der Waals surface area (Å²) in [5.41, 5.74) is 2.13. The number of nitrogens with zero attached hydrogens (tertiary/aromatic N) is 1. The summed E-state index contributed by atoms with van der Waals surface area (Å²) in [5, 5.41) is 18.1. The summed E-state index contributed by atoms with van der Waals surface area (Å²) >= 11 is 1.50. The van der Waals surface area contributed by atoms with Crippen LogP contribution in [0.5, 0.6) is 0 Å². The van der Waals surface area contributed by atoms with Crippen LogP contribution in [0.1, 0.15) is 31.2 Å². The molecule has 1 atom stereocenters. The van der Waals surface area contributed by atoms with Crippen LogP contribution in [-0.2, 0) is 4.79 Å². The molecule has 1 amide bonds. The molecule has 1 N–H and O–H groups in total. The van der Waals surface area contributed by atoms with E-state index in [4.69, 9.17) is 0 Å². The van der Waals surface area contributed by atoms with Crippen molar-refractivity contribution in [1.82, 2.24) is 5.32 Å². The van der Waals surface area contributed by atoms with Crippen LogP contribution in [0.2, 0.25) is 0 Å². The van der Waals surface area contributed by atoms with Gasteiger partial charge in [0, 0.05) is 12.1 Å². The largest absolute Gasteiger partial charge is 0.353 e. The number of nitrogens with one attached hydrogen (secondary N) is 1. The molecule has 0 radical (unpaired) electrons. The molecule has 6 heteroatoms. The predicted octanol–water partition coefficient (Wildman–Crippen LogP) is 3.71. The number of nitro benzene ring substituents is 1. The Hall–Kier alpha value is -2.21. The van der Waals surface area contributed by atoms with E-state index < -0.39 is 5.92 Å². The van der Waals surface area contributed by atoms with Crippen molar-refractivity contribution in [1.29, 1.82) is 0 Å². The lowest BCUT2D eigenvalue weighted by Gasteiger charge is -2.13. The molecule has 0 bridgehead atoms. The Labute approximate surface area is 132 Å². The molecule has 1 fully saturated rings. The third-order valence-corrected chi connectivity index (χ3v) is 4.55. The van der Waals surface area contributed by atoms with Crippen LogP contribution in [0.15, 0.2) is 35.0 Å². The average Bonchev–Trinajstić information content (AvgIpc) is 3.15. The topological polar surface area (TPSA) is 72.2 Å². The first-order valence-electron chi connectivity index (χ1n) is 7.17. The molecule has 5 nitrogen and oxygen atoms in total. The molecule has 1 aliphatic carbocycles. The van der Waals surface area contributed by atoms with Gasteiger partial charge in [-0.2, -0.15) is 11.3 Å². The Morgan fingerprint density at radius 1 is 1.41 bits per heavy atom. The maximum absolute atomic E-state index is 12.1. The lowest BCUT2D eigenvalue weighted by molar-refractivity contribution is -0.384. The summed E-state index contributed by atoms with van der Waals surface area (Å²) in [4.78, 5) is 23.1. The van der Waals surface area contributed by atoms with Crippen molar-refractivity contribution in [3.8, 4) is 11.1 Å². The standard InChI is InChI=1S/C16H16N2O3S/c1-10(16(19)17-13-3-4-13)11-2-5-14(12-6-7-22-9-12)15(8-11)18(20)21/h2,5-10,13H,3-4H2,1H3,(H,17,19). The predicted molar refractivity (Wildman–Crippen MR) is 86.0 cm³/mol. The summed E-state index contributed by atoms with van der Waals surface area (Å²) in [7, 11) is 0. The van der Waals surface area contributed by atoms with Gasteiger partial charge >= 0.3 is 0 Å². The van der Waals surface area contributed by atoms with Crippen molar-refractivity contribution in [2.75, 3.05) is 0 Å². The van der Waals surface area contributed by atoms with E-state index in [-0.39, 0.29) is 22.6 Å². The van der Waals surface area contributed by atoms with Gasteiger partial charge in [0.25, 0.3) is 5.69 Å². The first-order valence-corrected chi connectivity index (χ1v) is 8.12. The molecule has 1 heterocycles. The van der Waals surface area contributed by atoms with Crippen LogP contribution in [0.3, 0.4) is 0 Å². The number of nitro groups is 1. The molecule has 1 saturated carbocycles. The number of carbonyl (C=O) groups is 1. The van der Waals surface area contributed by atoms with Gasteiger partial charge in [-0.15, -0.1) is 0 Å². The first kappa shape index (κ1) is 14.7. The quantitative estimate of drug-likeness (QED) is 0.675. The van der Waals surface area contributed by atoms with Crippen LogP contribution in [0.4, 0.5) is 5.69 Å². The third kappa shape index (κ3) is 3.01. The fourth-order valence-corrected chi connectivity index (χ4v) is 2.99. The van der Waals surface area contributed by atoms with E-state index in [2.05, 4.69) is 5.32 Å². The van der Waals surface area contributed by atoms with Crippen LogP contribution in [-0.4, -0.2) is 16.9 Å². The molecule has 114 valence electrons. The normalized spacial score (nSPS) is 15.3. The minimum Gasteiger partial charge on any atom is -0.353 e. The Kier molecular flexibility index (Phi) is 3.94. The number of carbonyl (C=O) groups excluding carboxylic acids is 1. The van der Waals surface area contributed by atoms with Gasteiger partial charge in [-0.3, -0.25) is 14.9 Å². The van der Waals surface area contributed by atoms with Gasteiger partial charge in [-0.1, -0.05) is 6.07 Å². The first-order chi connectivity index (χ1) is 10.6. The summed E-state index contributed by atoms with van der Waals surface area (Å²) in [5.74, 6) is -0.462. The molecule has 1 aliphatic rings. The van der Waals surface area contributed by atoms with Gasteiger partial charge < -0.3 is 5.32 Å². The summed E-state index contributed by atoms with van der Waals surface area (Å²) in [6, 6.07) is 7.20. The van der Waals surface area contributed by atoms with E-state index >= 15 is 0 Å². The molecular formula is C16H16N2O3S. The second-order valence-electron chi connectivity index (χ2n) is 5.55. The third-order valence-electron chi connectivity index (χ3n) is 3.87. The Morgan fingerprint density at radius 2 is 2.18 bits per heavy atom. The highest BCUT2D eigenvalue weighted by Gasteiger charge is 2.27. The van der Waals surface area contributed by atoms with Crippen molar-refractivity contribution >= 4 is 22.9 Å². The van der Waals surface area contributed by atoms with Gasteiger partial charge in [0.2, 0.25) is 5.91 Å². The van der Waals surface area contributed by atoms with Crippen molar-refractivity contribution in [3.05, 3.63) is 50.7 Å². The number of amides is 1. The molecule has 0 saturated heterocycles. The minimum absolute atomic E-state index is 0.0435. The SMILES string of the molecule is CC(C(=O)NC1CC1)c1ccc(-c2ccsc2)c([N+](=O)[O-])c1. The smallest absolute Gasteiger partial charge is 0.277 e. The maximum Gasteiger partial charge on any atom is 0.277 e. The number of hydrogen-bond donors (Lipinski definition) is 1. The van der Waals surface area contributed by atoms with E-state index in [1.54, 1.807) is 19.1 Å². The van der Waals surface area contributed by atoms with Crippen LogP contribution < -0.4 is 5.32 Å². The zero-order chi connectivity index (χ0) is 15.7. The van der Waals surface area contributed by atoms with Crippen LogP contribution >= 0.6 is 11.3 Å². The van der Waals surface area contributed by atoms with E-state index in [0.29, 0.717) is 11.1 Å². The highest BCUT2D eigenvalue weighted by Crippen LogP contribution is 2.34. The number of rotatable bonds is 5. The monoisotopic (exact) mass is 316 g/mol. The molecule has 1 aromatic carbocycles. The van der Waals surface area contributed by atoms with E-state index in [0.717, 1.165) is 18.4 Å². The Morgan fingerprint density at radius 3 is 2.77 bits per heavy atom. The highest BCUT2D eigenvalue weighted by molar-refractivity contribution is 7.08. The van der Waals surface area contributed by atoms with E-state index in [1.807, 2.05) is 16.8 Å². The fourth-order valence-electron chi connectivity index (χ4n) is 2.34. The van der Waals surface area contributed by atoms with Crippen molar-refractivity contribution in [3.63, 3.8) is 0 Å². The number of thiophene rings is 1.